The van der Waals surface area contributed by atoms with Crippen LogP contribution in [-0.4, -0.2) is 48.6 Å². The van der Waals surface area contributed by atoms with Crippen molar-refractivity contribution in [2.24, 2.45) is 0 Å². The lowest BCUT2D eigenvalue weighted by Gasteiger charge is -2.41. The lowest BCUT2D eigenvalue weighted by Crippen LogP contribution is -2.60. The van der Waals surface area contributed by atoms with E-state index in [0.717, 1.165) is 38.2 Å². The number of hydrogen-bond donors (Lipinski definition) is 4. The predicted molar refractivity (Wildman–Crippen MR) is 120 cm³/mol. The number of fused-ring (bicyclic) bond motifs is 2. The van der Waals surface area contributed by atoms with Crippen molar-refractivity contribution in [1.82, 2.24) is 26.5 Å². The van der Waals surface area contributed by atoms with Crippen molar-refractivity contribution in [3.63, 3.8) is 0 Å². The van der Waals surface area contributed by atoms with Crippen LogP contribution in [0.1, 0.15) is 34.7 Å². The van der Waals surface area contributed by atoms with E-state index in [0.29, 0.717) is 18.2 Å². The van der Waals surface area contributed by atoms with Gasteiger partial charge in [0.1, 0.15) is 5.82 Å². The van der Waals surface area contributed by atoms with E-state index in [1.807, 2.05) is 13.0 Å². The molecule has 3 atom stereocenters. The number of halogens is 1. The Morgan fingerprint density at radius 1 is 1.09 bits per heavy atom. The maximum atomic E-state index is 14.6. The normalized spacial score (nSPS) is 28.4. The van der Waals surface area contributed by atoms with Crippen molar-refractivity contribution in [2.75, 3.05) is 24.6 Å². The van der Waals surface area contributed by atoms with Crippen LogP contribution in [-0.2, 0) is 17.8 Å². The first-order chi connectivity index (χ1) is 15.6. The zero-order valence-corrected chi connectivity index (χ0v) is 18.2. The van der Waals surface area contributed by atoms with E-state index >= 15 is 0 Å². The minimum Gasteiger partial charge on any atom is -0.314 e. The number of nitrogens with one attached hydrogen (secondary N) is 4. The average molecular weight is 437 g/mol. The van der Waals surface area contributed by atoms with Gasteiger partial charge in [-0.2, -0.15) is 0 Å². The molecule has 3 fully saturated rings. The van der Waals surface area contributed by atoms with Crippen LogP contribution in [0.4, 0.5) is 10.1 Å². The molecule has 0 aromatic heterocycles. The molecular formula is C24H29FN6O. The molecule has 32 heavy (non-hydrogen) atoms. The molecule has 0 saturated carbocycles. The van der Waals surface area contributed by atoms with Crippen LogP contribution in [0.2, 0.25) is 0 Å². The summed E-state index contributed by atoms with van der Waals surface area (Å²) in [6, 6.07) is 12.2. The number of aryl methyl sites for hydroxylation is 1. The smallest absolute Gasteiger partial charge is 0.243 e. The molecule has 4 heterocycles. The molecule has 2 aromatic rings. The lowest BCUT2D eigenvalue weighted by atomic mass is 9.89. The van der Waals surface area contributed by atoms with Crippen LogP contribution < -0.4 is 26.6 Å². The second kappa shape index (κ2) is 7.90. The molecule has 3 unspecified atom stereocenters. The van der Waals surface area contributed by atoms with Crippen LogP contribution >= 0.6 is 0 Å². The summed E-state index contributed by atoms with van der Waals surface area (Å²) >= 11 is 0. The second-order valence-corrected chi connectivity index (χ2v) is 9.43. The number of hydrogen-bond acceptors (Lipinski definition) is 6. The molecule has 7 nitrogen and oxygen atoms in total. The molecule has 3 saturated heterocycles. The number of anilines is 1. The van der Waals surface area contributed by atoms with E-state index in [-0.39, 0.29) is 29.8 Å². The Bertz CT molecular complexity index is 1040. The number of carbonyl (C=O) groups excluding carboxylic acids is 1. The fourth-order valence-electron chi connectivity index (χ4n) is 5.47. The van der Waals surface area contributed by atoms with Gasteiger partial charge in [-0.25, -0.2) is 20.3 Å². The molecule has 4 N–H and O–H groups in total. The third kappa shape index (κ3) is 3.34. The van der Waals surface area contributed by atoms with Gasteiger partial charge in [0.05, 0.1) is 17.8 Å². The summed E-state index contributed by atoms with van der Waals surface area (Å²) in [5, 5.41) is 4.79. The Balaban J connectivity index is 1.26. The van der Waals surface area contributed by atoms with Crippen LogP contribution in [0.15, 0.2) is 36.4 Å². The van der Waals surface area contributed by atoms with Crippen molar-refractivity contribution in [3.05, 3.63) is 64.5 Å². The summed E-state index contributed by atoms with van der Waals surface area (Å²) in [6.45, 7) is 6.09. The van der Waals surface area contributed by atoms with E-state index in [1.54, 1.807) is 6.07 Å². The van der Waals surface area contributed by atoms with Crippen molar-refractivity contribution in [3.8, 4) is 0 Å². The third-order valence-corrected chi connectivity index (χ3v) is 7.46. The summed E-state index contributed by atoms with van der Waals surface area (Å²) in [5.74, 6) is -0.524. The number of carbonyl (C=O) groups is 1. The average Bonchev–Trinajstić information content (AvgIpc) is 3.14. The fourth-order valence-corrected chi connectivity index (χ4v) is 5.47. The minimum absolute atomic E-state index is 0.0197. The van der Waals surface area contributed by atoms with Crippen molar-refractivity contribution in [2.45, 2.75) is 50.5 Å². The van der Waals surface area contributed by atoms with E-state index in [4.69, 9.17) is 0 Å². The summed E-state index contributed by atoms with van der Waals surface area (Å²) < 4.78 is 14.6. The zero-order chi connectivity index (χ0) is 21.8. The summed E-state index contributed by atoms with van der Waals surface area (Å²) in [6.07, 6.45) is 1.39. The van der Waals surface area contributed by atoms with Crippen molar-refractivity contribution < 1.29 is 9.18 Å². The molecule has 2 aromatic carbocycles. The Labute approximate surface area is 187 Å². The standard InChI is InChI=1S/C24H29FN6O/c1-14-3-2-4-19(25)24(14)31-21(32)10-20-23(29-31)22(28-27-20)16-6-5-15-7-8-30(13-17(15)9-16)18-11-26-12-18/h2-6,9,18,20,22-23,26-29H,7-8,10-13H2,1H3. The minimum atomic E-state index is -0.390. The molecule has 0 spiro atoms. The first kappa shape index (κ1) is 20.3. The van der Waals surface area contributed by atoms with Crippen LogP contribution in [0.3, 0.4) is 0 Å². The SMILES string of the molecule is Cc1cccc(F)c1N1NC2C(CC1=O)NNC2c1ccc2c(c1)CN(C1CNC1)CC2. The maximum Gasteiger partial charge on any atom is 0.243 e. The number of rotatable bonds is 3. The van der Waals surface area contributed by atoms with Gasteiger partial charge in [-0.3, -0.25) is 15.1 Å². The van der Waals surface area contributed by atoms with E-state index < -0.39 is 0 Å². The van der Waals surface area contributed by atoms with Gasteiger partial charge < -0.3 is 5.32 Å². The van der Waals surface area contributed by atoms with Gasteiger partial charge in [0.25, 0.3) is 0 Å². The fraction of sp³-hybridized carbons (Fsp3) is 0.458. The van der Waals surface area contributed by atoms with E-state index in [1.165, 1.54) is 27.8 Å². The number of hydrazine groups is 2. The van der Waals surface area contributed by atoms with Crippen molar-refractivity contribution in [1.29, 1.82) is 0 Å². The Morgan fingerprint density at radius 2 is 1.97 bits per heavy atom. The zero-order valence-electron chi connectivity index (χ0n) is 18.2. The van der Waals surface area contributed by atoms with E-state index in [2.05, 4.69) is 44.7 Å². The Kier molecular flexibility index (Phi) is 5.00. The van der Waals surface area contributed by atoms with Crippen LogP contribution in [0.5, 0.6) is 0 Å². The lowest BCUT2D eigenvalue weighted by molar-refractivity contribution is -0.121. The van der Waals surface area contributed by atoms with Gasteiger partial charge in [0.15, 0.2) is 0 Å². The number of benzene rings is 2. The largest absolute Gasteiger partial charge is 0.314 e. The first-order valence-corrected chi connectivity index (χ1v) is 11.5. The maximum absolute atomic E-state index is 14.6. The molecule has 0 bridgehead atoms. The van der Waals surface area contributed by atoms with Crippen LogP contribution in [0, 0.1) is 12.7 Å². The molecule has 0 aliphatic carbocycles. The predicted octanol–water partition coefficient (Wildman–Crippen LogP) is 1.29. The van der Waals surface area contributed by atoms with Gasteiger partial charge in [-0.05, 0) is 41.7 Å². The van der Waals surface area contributed by atoms with Crippen LogP contribution in [0.25, 0.3) is 0 Å². The quantitative estimate of drug-likeness (QED) is 0.582. The van der Waals surface area contributed by atoms with Crippen molar-refractivity contribution >= 4 is 11.6 Å². The first-order valence-electron chi connectivity index (χ1n) is 11.5. The Hall–Kier alpha value is -2.36. The molecule has 168 valence electrons. The Morgan fingerprint density at radius 3 is 2.75 bits per heavy atom. The molecular weight excluding hydrogens is 407 g/mol. The highest BCUT2D eigenvalue weighted by Crippen LogP contribution is 2.33. The summed E-state index contributed by atoms with van der Waals surface area (Å²) in [7, 11) is 0. The molecule has 0 radical (unpaired) electrons. The highest BCUT2D eigenvalue weighted by Gasteiger charge is 2.44. The molecule has 8 heteroatoms. The van der Waals surface area contributed by atoms with Gasteiger partial charge in [0, 0.05) is 44.7 Å². The molecule has 4 aliphatic heterocycles. The molecule has 4 aliphatic rings. The van der Waals surface area contributed by atoms with Gasteiger partial charge in [0.2, 0.25) is 5.91 Å². The summed E-state index contributed by atoms with van der Waals surface area (Å²) in [4.78, 5) is 15.4. The molecule has 6 rings (SSSR count). The van der Waals surface area contributed by atoms with Gasteiger partial charge >= 0.3 is 0 Å². The number of para-hydroxylation sites is 1. The molecule has 1 amide bonds. The second-order valence-electron chi connectivity index (χ2n) is 9.43. The van der Waals surface area contributed by atoms with E-state index in [9.17, 15) is 9.18 Å². The number of nitrogens with zero attached hydrogens (tertiary/aromatic N) is 2. The summed E-state index contributed by atoms with van der Waals surface area (Å²) in [5.41, 5.74) is 15.1. The number of amides is 1. The third-order valence-electron chi connectivity index (χ3n) is 7.46. The highest BCUT2D eigenvalue weighted by atomic mass is 19.1. The van der Waals surface area contributed by atoms with Gasteiger partial charge in [-0.1, -0.05) is 30.3 Å². The monoisotopic (exact) mass is 436 g/mol. The van der Waals surface area contributed by atoms with Gasteiger partial charge in [-0.15, -0.1) is 0 Å². The topological polar surface area (TPSA) is 71.7 Å². The highest BCUT2D eigenvalue weighted by molar-refractivity contribution is 5.94.